The molecule has 0 saturated heterocycles. The van der Waals surface area contributed by atoms with E-state index in [1.165, 1.54) is 26.0 Å². The fraction of sp³-hybridized carbons (Fsp3) is 0.375. The highest BCUT2D eigenvalue weighted by atomic mass is 79.9. The van der Waals surface area contributed by atoms with E-state index in [0.29, 0.717) is 0 Å². The minimum Gasteiger partial charge on any atom is -0.306 e. The maximum Gasteiger partial charge on any atom is 0.0761 e. The van der Waals surface area contributed by atoms with Gasteiger partial charge in [0.15, 0.2) is 0 Å². The van der Waals surface area contributed by atoms with Crippen LogP contribution in [0.15, 0.2) is 31.8 Å². The largest absolute Gasteiger partial charge is 0.306 e. The van der Waals surface area contributed by atoms with Crippen LogP contribution in [0.5, 0.6) is 0 Å². The Morgan fingerprint density at radius 2 is 1.75 bits per heavy atom. The van der Waals surface area contributed by atoms with Crippen LogP contribution in [0.4, 0.5) is 0 Å². The second-order valence-electron chi connectivity index (χ2n) is 5.09. The molecule has 20 heavy (non-hydrogen) atoms. The van der Waals surface area contributed by atoms with Crippen molar-refractivity contribution in [3.8, 4) is 0 Å². The molecule has 1 unspecified atom stereocenters. The van der Waals surface area contributed by atoms with E-state index in [9.17, 15) is 0 Å². The number of benzene rings is 1. The average Bonchev–Trinajstić information content (AvgIpc) is 2.68. The van der Waals surface area contributed by atoms with Gasteiger partial charge in [0.05, 0.1) is 13.6 Å². The maximum absolute atomic E-state index is 3.69. The molecule has 0 aliphatic carbocycles. The molecule has 1 heterocycles. The van der Waals surface area contributed by atoms with Gasteiger partial charge in [-0.1, -0.05) is 36.2 Å². The molecule has 1 N–H and O–H groups in total. The van der Waals surface area contributed by atoms with Crippen LogP contribution < -0.4 is 5.32 Å². The van der Waals surface area contributed by atoms with Crippen molar-refractivity contribution < 1.29 is 0 Å². The number of rotatable bonds is 5. The van der Waals surface area contributed by atoms with E-state index in [0.717, 1.165) is 16.8 Å². The SMILES string of the molecule is CCCNC(c1cc(C)cc(C)c1)c1cc(Br)sc1Br. The highest BCUT2D eigenvalue weighted by molar-refractivity contribution is 9.12. The average molecular weight is 417 g/mol. The molecule has 0 fully saturated rings. The van der Waals surface area contributed by atoms with Gasteiger partial charge in [0.1, 0.15) is 0 Å². The van der Waals surface area contributed by atoms with Gasteiger partial charge in [0, 0.05) is 0 Å². The monoisotopic (exact) mass is 415 g/mol. The molecule has 1 aromatic heterocycles. The summed E-state index contributed by atoms with van der Waals surface area (Å²) in [6.45, 7) is 7.53. The third-order valence-corrected chi connectivity index (χ3v) is 5.56. The summed E-state index contributed by atoms with van der Waals surface area (Å²) >= 11 is 9.00. The summed E-state index contributed by atoms with van der Waals surface area (Å²) < 4.78 is 2.35. The first-order valence-corrected chi connectivity index (χ1v) is 9.17. The van der Waals surface area contributed by atoms with E-state index in [-0.39, 0.29) is 6.04 Å². The van der Waals surface area contributed by atoms with Crippen molar-refractivity contribution in [1.29, 1.82) is 0 Å². The predicted molar refractivity (Wildman–Crippen MR) is 95.8 cm³/mol. The fourth-order valence-corrected chi connectivity index (χ4v) is 5.32. The van der Waals surface area contributed by atoms with Crippen molar-refractivity contribution in [2.75, 3.05) is 6.54 Å². The first-order chi connectivity index (χ1) is 9.51. The molecule has 0 aliphatic rings. The third kappa shape index (κ3) is 3.94. The molecule has 0 saturated carbocycles. The Morgan fingerprint density at radius 1 is 1.10 bits per heavy atom. The Morgan fingerprint density at radius 3 is 2.25 bits per heavy atom. The van der Waals surface area contributed by atoms with Crippen molar-refractivity contribution in [3.63, 3.8) is 0 Å². The fourth-order valence-electron chi connectivity index (χ4n) is 2.42. The summed E-state index contributed by atoms with van der Waals surface area (Å²) in [5.41, 5.74) is 5.27. The van der Waals surface area contributed by atoms with Gasteiger partial charge in [-0.25, -0.2) is 0 Å². The Balaban J connectivity index is 2.43. The summed E-state index contributed by atoms with van der Waals surface area (Å²) in [5.74, 6) is 0. The number of hydrogen-bond donors (Lipinski definition) is 1. The zero-order valence-corrected chi connectivity index (χ0v) is 16.0. The Bertz CT molecular complexity index is 572. The number of halogens is 2. The third-order valence-electron chi connectivity index (χ3n) is 3.17. The van der Waals surface area contributed by atoms with Crippen LogP contribution in [0, 0.1) is 13.8 Å². The molecule has 0 radical (unpaired) electrons. The van der Waals surface area contributed by atoms with Crippen LogP contribution in [0.3, 0.4) is 0 Å². The van der Waals surface area contributed by atoms with Crippen LogP contribution in [-0.4, -0.2) is 6.54 Å². The van der Waals surface area contributed by atoms with Crippen molar-refractivity contribution in [2.45, 2.75) is 33.2 Å². The van der Waals surface area contributed by atoms with Crippen molar-refractivity contribution >= 4 is 43.2 Å². The van der Waals surface area contributed by atoms with Crippen molar-refractivity contribution in [3.05, 3.63) is 54.1 Å². The molecule has 2 rings (SSSR count). The zero-order valence-electron chi connectivity index (χ0n) is 12.0. The highest BCUT2D eigenvalue weighted by Gasteiger charge is 2.19. The standard InChI is InChI=1S/C16H19Br2NS/c1-4-5-19-15(13-9-14(17)20-16(13)18)12-7-10(2)6-11(3)8-12/h6-9,15,19H,4-5H2,1-3H3. The van der Waals surface area contributed by atoms with E-state index in [2.05, 4.69) is 82.2 Å². The molecule has 108 valence electrons. The molecule has 0 amide bonds. The van der Waals surface area contributed by atoms with Crippen molar-refractivity contribution in [1.82, 2.24) is 5.32 Å². The zero-order chi connectivity index (χ0) is 14.7. The highest BCUT2D eigenvalue weighted by Crippen LogP contribution is 2.38. The smallest absolute Gasteiger partial charge is 0.0761 e. The summed E-state index contributed by atoms with van der Waals surface area (Å²) in [6, 6.07) is 9.22. The van der Waals surface area contributed by atoms with Crippen LogP contribution in [0.2, 0.25) is 0 Å². The molecular formula is C16H19Br2NS. The molecule has 4 heteroatoms. The van der Waals surface area contributed by atoms with Gasteiger partial charge in [0.25, 0.3) is 0 Å². The van der Waals surface area contributed by atoms with E-state index in [1.54, 1.807) is 11.3 Å². The minimum atomic E-state index is 0.241. The molecule has 1 nitrogen and oxygen atoms in total. The van der Waals surface area contributed by atoms with Crippen LogP contribution in [0.25, 0.3) is 0 Å². The van der Waals surface area contributed by atoms with Gasteiger partial charge in [0.2, 0.25) is 0 Å². The Kier molecular flexibility index (Phi) is 5.84. The van der Waals surface area contributed by atoms with Crippen LogP contribution in [-0.2, 0) is 0 Å². The number of nitrogens with one attached hydrogen (secondary N) is 1. The normalized spacial score (nSPS) is 12.7. The first-order valence-electron chi connectivity index (χ1n) is 6.77. The molecule has 1 aromatic carbocycles. The van der Waals surface area contributed by atoms with Gasteiger partial charge in [-0.15, -0.1) is 11.3 Å². The molecular weight excluding hydrogens is 398 g/mol. The quantitative estimate of drug-likeness (QED) is 0.632. The lowest BCUT2D eigenvalue weighted by molar-refractivity contribution is 0.598. The minimum absolute atomic E-state index is 0.241. The van der Waals surface area contributed by atoms with Gasteiger partial charge in [-0.05, 0) is 75.9 Å². The number of thiophene rings is 1. The lowest BCUT2D eigenvalue weighted by atomic mass is 9.97. The lowest BCUT2D eigenvalue weighted by Gasteiger charge is -2.20. The molecule has 2 aromatic rings. The second-order valence-corrected chi connectivity index (χ2v) is 8.84. The van der Waals surface area contributed by atoms with Crippen LogP contribution in [0.1, 0.15) is 41.6 Å². The van der Waals surface area contributed by atoms with Crippen LogP contribution >= 0.6 is 43.2 Å². The van der Waals surface area contributed by atoms with Gasteiger partial charge in [-0.3, -0.25) is 0 Å². The molecule has 0 bridgehead atoms. The molecule has 0 aliphatic heterocycles. The summed E-state index contributed by atoms with van der Waals surface area (Å²) in [4.78, 5) is 0. The lowest BCUT2D eigenvalue weighted by Crippen LogP contribution is -2.23. The van der Waals surface area contributed by atoms with E-state index < -0.39 is 0 Å². The summed E-state index contributed by atoms with van der Waals surface area (Å²) in [7, 11) is 0. The van der Waals surface area contributed by atoms with E-state index >= 15 is 0 Å². The van der Waals surface area contributed by atoms with Gasteiger partial charge < -0.3 is 5.32 Å². The van der Waals surface area contributed by atoms with E-state index in [1.807, 2.05) is 0 Å². The Hall–Kier alpha value is -0.160. The van der Waals surface area contributed by atoms with Crippen molar-refractivity contribution in [2.24, 2.45) is 0 Å². The predicted octanol–water partition coefficient (Wildman–Crippen LogP) is 5.98. The maximum atomic E-state index is 3.69. The number of hydrogen-bond acceptors (Lipinski definition) is 2. The second kappa shape index (κ2) is 7.21. The van der Waals surface area contributed by atoms with Gasteiger partial charge in [-0.2, -0.15) is 0 Å². The van der Waals surface area contributed by atoms with E-state index in [4.69, 9.17) is 0 Å². The topological polar surface area (TPSA) is 12.0 Å². The summed E-state index contributed by atoms with van der Waals surface area (Å²) in [6.07, 6.45) is 1.13. The first kappa shape index (κ1) is 16.2. The molecule has 1 atom stereocenters. The van der Waals surface area contributed by atoms with Gasteiger partial charge >= 0.3 is 0 Å². The molecule has 0 spiro atoms. The number of aryl methyl sites for hydroxylation is 2. The Labute approximate surface area is 142 Å². The summed E-state index contributed by atoms with van der Waals surface area (Å²) in [5, 5.41) is 3.67.